The SMILES string of the molecule is CCNc1ccnc(COc2cccc([N+](=O)[O-])c2C)c1. The fourth-order valence-electron chi connectivity index (χ4n) is 1.98. The Bertz CT molecular complexity index is 644. The fraction of sp³-hybridized carbons (Fsp3) is 0.267. The summed E-state index contributed by atoms with van der Waals surface area (Å²) in [6.45, 7) is 4.79. The summed E-state index contributed by atoms with van der Waals surface area (Å²) in [5, 5.41) is 14.1. The number of nitrogens with one attached hydrogen (secondary N) is 1. The highest BCUT2D eigenvalue weighted by Crippen LogP contribution is 2.27. The van der Waals surface area contributed by atoms with Crippen LogP contribution in [0.1, 0.15) is 18.2 Å². The van der Waals surface area contributed by atoms with Crippen LogP contribution in [0.3, 0.4) is 0 Å². The molecule has 1 aromatic heterocycles. The lowest BCUT2D eigenvalue weighted by Gasteiger charge is -2.10. The van der Waals surface area contributed by atoms with E-state index in [1.807, 2.05) is 19.1 Å². The topological polar surface area (TPSA) is 77.3 Å². The molecular formula is C15H17N3O3. The van der Waals surface area contributed by atoms with Gasteiger partial charge in [-0.25, -0.2) is 0 Å². The van der Waals surface area contributed by atoms with Gasteiger partial charge in [-0.1, -0.05) is 6.07 Å². The lowest BCUT2D eigenvalue weighted by Crippen LogP contribution is -2.03. The van der Waals surface area contributed by atoms with Gasteiger partial charge in [0.1, 0.15) is 12.4 Å². The maximum atomic E-state index is 10.9. The molecule has 0 saturated carbocycles. The molecule has 2 aromatic rings. The second-order valence-electron chi connectivity index (χ2n) is 4.51. The Hall–Kier alpha value is -2.63. The molecule has 0 amide bonds. The molecule has 1 N–H and O–H groups in total. The third-order valence-corrected chi connectivity index (χ3v) is 3.03. The highest BCUT2D eigenvalue weighted by Gasteiger charge is 2.14. The van der Waals surface area contributed by atoms with Crippen molar-refractivity contribution < 1.29 is 9.66 Å². The Morgan fingerprint density at radius 3 is 2.90 bits per heavy atom. The predicted octanol–water partition coefficient (Wildman–Crippen LogP) is 3.31. The molecule has 1 aromatic carbocycles. The van der Waals surface area contributed by atoms with E-state index in [1.165, 1.54) is 6.07 Å². The zero-order valence-electron chi connectivity index (χ0n) is 12.0. The van der Waals surface area contributed by atoms with E-state index in [1.54, 1.807) is 25.3 Å². The summed E-state index contributed by atoms with van der Waals surface area (Å²) in [5.74, 6) is 0.500. The first-order valence-corrected chi connectivity index (χ1v) is 6.67. The third kappa shape index (κ3) is 3.68. The van der Waals surface area contributed by atoms with Crippen LogP contribution in [0.5, 0.6) is 5.75 Å². The van der Waals surface area contributed by atoms with Gasteiger partial charge in [-0.05, 0) is 32.0 Å². The minimum atomic E-state index is -0.410. The first kappa shape index (κ1) is 14.8. The van der Waals surface area contributed by atoms with Crippen LogP contribution in [0.15, 0.2) is 36.5 Å². The van der Waals surface area contributed by atoms with Gasteiger partial charge in [-0.15, -0.1) is 0 Å². The summed E-state index contributed by atoms with van der Waals surface area (Å²) in [6.07, 6.45) is 1.71. The van der Waals surface area contributed by atoms with E-state index in [9.17, 15) is 10.1 Å². The number of nitrogens with zero attached hydrogens (tertiary/aromatic N) is 2. The van der Waals surface area contributed by atoms with Gasteiger partial charge < -0.3 is 10.1 Å². The Morgan fingerprint density at radius 1 is 1.38 bits per heavy atom. The van der Waals surface area contributed by atoms with Gasteiger partial charge >= 0.3 is 0 Å². The minimum absolute atomic E-state index is 0.0573. The fourth-order valence-corrected chi connectivity index (χ4v) is 1.98. The van der Waals surface area contributed by atoms with Crippen LogP contribution in [0.2, 0.25) is 0 Å². The van der Waals surface area contributed by atoms with Gasteiger partial charge in [0.05, 0.1) is 16.2 Å². The van der Waals surface area contributed by atoms with Gasteiger partial charge in [0.25, 0.3) is 5.69 Å². The van der Waals surface area contributed by atoms with Crippen molar-refractivity contribution >= 4 is 11.4 Å². The summed E-state index contributed by atoms with van der Waals surface area (Å²) in [7, 11) is 0. The molecule has 0 saturated heterocycles. The Morgan fingerprint density at radius 2 is 2.19 bits per heavy atom. The number of ether oxygens (including phenoxy) is 1. The lowest BCUT2D eigenvalue weighted by molar-refractivity contribution is -0.385. The molecule has 110 valence electrons. The zero-order valence-corrected chi connectivity index (χ0v) is 12.0. The second kappa shape index (κ2) is 6.69. The third-order valence-electron chi connectivity index (χ3n) is 3.03. The van der Waals surface area contributed by atoms with Crippen molar-refractivity contribution in [2.45, 2.75) is 20.5 Å². The van der Waals surface area contributed by atoms with Gasteiger partial charge in [-0.2, -0.15) is 0 Å². The van der Waals surface area contributed by atoms with Crippen molar-refractivity contribution in [2.75, 3.05) is 11.9 Å². The van der Waals surface area contributed by atoms with E-state index in [0.717, 1.165) is 17.9 Å². The van der Waals surface area contributed by atoms with E-state index < -0.39 is 4.92 Å². The molecule has 0 unspecified atom stereocenters. The Balaban J connectivity index is 2.11. The lowest BCUT2D eigenvalue weighted by atomic mass is 10.2. The Labute approximate surface area is 122 Å². The minimum Gasteiger partial charge on any atom is -0.487 e. The number of nitro groups is 1. The number of hydrogen-bond acceptors (Lipinski definition) is 5. The van der Waals surface area contributed by atoms with Crippen LogP contribution in [-0.4, -0.2) is 16.5 Å². The molecule has 0 fully saturated rings. The van der Waals surface area contributed by atoms with E-state index in [2.05, 4.69) is 10.3 Å². The molecule has 0 aliphatic heterocycles. The average Bonchev–Trinajstić information content (AvgIpc) is 2.46. The number of pyridine rings is 1. The summed E-state index contributed by atoms with van der Waals surface area (Å²) in [5.41, 5.74) is 2.31. The molecule has 0 aliphatic rings. The molecule has 0 spiro atoms. The number of nitro benzene ring substituents is 1. The first-order chi connectivity index (χ1) is 10.1. The van der Waals surface area contributed by atoms with Crippen LogP contribution in [0.25, 0.3) is 0 Å². The maximum Gasteiger partial charge on any atom is 0.276 e. The smallest absolute Gasteiger partial charge is 0.276 e. The number of rotatable bonds is 6. The number of benzene rings is 1. The van der Waals surface area contributed by atoms with Crippen molar-refractivity contribution in [3.63, 3.8) is 0 Å². The summed E-state index contributed by atoms with van der Waals surface area (Å²) in [6, 6.07) is 8.58. The molecule has 2 rings (SSSR count). The normalized spacial score (nSPS) is 10.2. The predicted molar refractivity (Wildman–Crippen MR) is 80.6 cm³/mol. The van der Waals surface area contributed by atoms with Crippen LogP contribution in [0, 0.1) is 17.0 Å². The van der Waals surface area contributed by atoms with Gasteiger partial charge in [0.2, 0.25) is 0 Å². The quantitative estimate of drug-likeness (QED) is 0.651. The van der Waals surface area contributed by atoms with Crippen molar-refractivity contribution in [1.82, 2.24) is 4.98 Å². The number of aromatic nitrogens is 1. The van der Waals surface area contributed by atoms with E-state index in [4.69, 9.17) is 4.74 Å². The van der Waals surface area contributed by atoms with Gasteiger partial charge in [0, 0.05) is 24.5 Å². The van der Waals surface area contributed by atoms with Crippen LogP contribution < -0.4 is 10.1 Å². The highest BCUT2D eigenvalue weighted by atomic mass is 16.6. The molecular weight excluding hydrogens is 270 g/mol. The summed E-state index contributed by atoms with van der Waals surface area (Å²) >= 11 is 0. The number of anilines is 1. The molecule has 6 heteroatoms. The average molecular weight is 287 g/mol. The van der Waals surface area contributed by atoms with Crippen LogP contribution >= 0.6 is 0 Å². The molecule has 21 heavy (non-hydrogen) atoms. The molecule has 0 aliphatic carbocycles. The van der Waals surface area contributed by atoms with E-state index in [-0.39, 0.29) is 12.3 Å². The first-order valence-electron chi connectivity index (χ1n) is 6.67. The van der Waals surface area contributed by atoms with Gasteiger partial charge in [0.15, 0.2) is 0 Å². The molecule has 0 radical (unpaired) electrons. The van der Waals surface area contributed by atoms with Crippen molar-refractivity contribution in [1.29, 1.82) is 0 Å². The molecule has 6 nitrogen and oxygen atoms in total. The molecule has 0 atom stereocenters. The highest BCUT2D eigenvalue weighted by molar-refractivity contribution is 5.48. The van der Waals surface area contributed by atoms with Crippen LogP contribution in [-0.2, 0) is 6.61 Å². The van der Waals surface area contributed by atoms with Gasteiger partial charge in [-0.3, -0.25) is 15.1 Å². The summed E-state index contributed by atoms with van der Waals surface area (Å²) < 4.78 is 5.65. The Kier molecular flexibility index (Phi) is 4.71. The van der Waals surface area contributed by atoms with E-state index >= 15 is 0 Å². The standard InChI is InChI=1S/C15H17N3O3/c1-3-16-12-7-8-17-13(9-12)10-21-15-6-4-5-14(11(15)2)18(19)20/h4-9H,3,10H2,1-2H3,(H,16,17). The van der Waals surface area contributed by atoms with Crippen molar-refractivity contribution in [2.24, 2.45) is 0 Å². The van der Waals surface area contributed by atoms with Crippen LogP contribution in [0.4, 0.5) is 11.4 Å². The largest absolute Gasteiger partial charge is 0.487 e. The monoisotopic (exact) mass is 287 g/mol. The molecule has 1 heterocycles. The number of hydrogen-bond donors (Lipinski definition) is 1. The van der Waals surface area contributed by atoms with Crippen molar-refractivity contribution in [3.05, 3.63) is 57.9 Å². The summed E-state index contributed by atoms with van der Waals surface area (Å²) in [4.78, 5) is 14.7. The van der Waals surface area contributed by atoms with E-state index in [0.29, 0.717) is 11.3 Å². The maximum absolute atomic E-state index is 10.9. The second-order valence-corrected chi connectivity index (χ2v) is 4.51. The zero-order chi connectivity index (χ0) is 15.2. The van der Waals surface area contributed by atoms with Crippen molar-refractivity contribution in [3.8, 4) is 5.75 Å². The molecule has 0 bridgehead atoms.